The fourth-order valence-electron chi connectivity index (χ4n) is 6.69. The summed E-state index contributed by atoms with van der Waals surface area (Å²) in [6.07, 6.45) is 8.91. The Morgan fingerprint density at radius 3 is 2.65 bits per heavy atom. The zero-order chi connectivity index (χ0) is 33.3. The fraction of sp³-hybridized carbons (Fsp3) is 0.588. The molecule has 2 aliphatic carbocycles. The van der Waals surface area contributed by atoms with Gasteiger partial charge in [-0.3, -0.25) is 0 Å². The number of hydrogen-bond donors (Lipinski definition) is 4. The van der Waals surface area contributed by atoms with Crippen molar-refractivity contribution in [2.75, 3.05) is 58.7 Å². The molecule has 1 aromatic carbocycles. The second kappa shape index (κ2) is 17.0. The second-order valence-corrected chi connectivity index (χ2v) is 13.6. The molecule has 12 heteroatoms. The van der Waals surface area contributed by atoms with Crippen LogP contribution in [0.15, 0.2) is 71.4 Å². The number of halogens is 3. The number of β-amino-alcohol motifs (C(OH)–C–C–N with tert-alkyl or cyclic N) is 1. The van der Waals surface area contributed by atoms with E-state index in [0.29, 0.717) is 18.3 Å². The number of likely N-dealkylation sites (tertiary alicyclic amines) is 2. The maximum atomic E-state index is 13.0. The van der Waals surface area contributed by atoms with Gasteiger partial charge in [0.05, 0.1) is 18.9 Å². The van der Waals surface area contributed by atoms with Crippen LogP contribution in [0.5, 0.6) is 5.75 Å². The highest BCUT2D eigenvalue weighted by atomic mass is 32.2. The van der Waals surface area contributed by atoms with E-state index in [9.17, 15) is 18.3 Å². The van der Waals surface area contributed by atoms with Gasteiger partial charge in [0.25, 0.3) is 0 Å². The van der Waals surface area contributed by atoms with Crippen molar-refractivity contribution in [2.45, 2.75) is 74.8 Å². The second-order valence-electron chi connectivity index (χ2n) is 12.4. The van der Waals surface area contributed by atoms with Crippen LogP contribution in [-0.2, 0) is 0 Å². The van der Waals surface area contributed by atoms with Crippen molar-refractivity contribution in [2.24, 2.45) is 5.92 Å². The van der Waals surface area contributed by atoms with Gasteiger partial charge in [0.2, 0.25) is 0 Å². The Labute approximate surface area is 276 Å². The van der Waals surface area contributed by atoms with Crippen molar-refractivity contribution in [3.8, 4) is 5.75 Å². The van der Waals surface area contributed by atoms with Crippen LogP contribution in [0.2, 0.25) is 0 Å². The highest BCUT2D eigenvalue weighted by Gasteiger charge is 2.47. The Morgan fingerprint density at radius 1 is 1.24 bits per heavy atom. The normalized spacial score (nSPS) is 23.4. The molecular formula is C34H51F3N6O2S. The third kappa shape index (κ3) is 10.2. The highest BCUT2D eigenvalue weighted by molar-refractivity contribution is 7.97. The average Bonchev–Trinajstić information content (AvgIpc) is 3.29. The molecular weight excluding hydrogens is 613 g/mol. The topological polar surface area (TPSA) is 89.3 Å². The summed E-state index contributed by atoms with van der Waals surface area (Å²) < 4.78 is 46.7. The molecule has 0 radical (unpaired) electrons. The van der Waals surface area contributed by atoms with Gasteiger partial charge in [-0.2, -0.15) is 13.2 Å². The first-order valence-electron chi connectivity index (χ1n) is 16.3. The van der Waals surface area contributed by atoms with Gasteiger partial charge in [0, 0.05) is 60.8 Å². The van der Waals surface area contributed by atoms with E-state index in [1.165, 1.54) is 10.5 Å². The van der Waals surface area contributed by atoms with Gasteiger partial charge < -0.3 is 36.0 Å². The molecule has 1 aromatic rings. The van der Waals surface area contributed by atoms with Crippen LogP contribution in [0.4, 0.5) is 18.9 Å². The number of nitrogens with two attached hydrogens (primary N) is 1. The Hall–Kier alpha value is -2.64. The largest absolute Gasteiger partial charge is 0.495 e. The monoisotopic (exact) mass is 664 g/mol. The first kappa shape index (κ1) is 36.2. The number of aliphatic hydroxyl groups is 1. The molecule has 0 saturated carbocycles. The van der Waals surface area contributed by atoms with E-state index in [4.69, 9.17) is 10.5 Å². The lowest BCUT2D eigenvalue weighted by Crippen LogP contribution is -2.50. The third-order valence-corrected chi connectivity index (χ3v) is 9.85. The summed E-state index contributed by atoms with van der Waals surface area (Å²) in [5.74, 6) is 0.841. The average molecular weight is 665 g/mol. The van der Waals surface area contributed by atoms with Crippen molar-refractivity contribution in [3.05, 3.63) is 66.6 Å². The molecule has 2 heterocycles. The van der Waals surface area contributed by atoms with Crippen LogP contribution in [0.1, 0.15) is 39.5 Å². The summed E-state index contributed by atoms with van der Waals surface area (Å²) in [5, 5.41) is 16.4. The summed E-state index contributed by atoms with van der Waals surface area (Å²) in [5.41, 5.74) is 8.50. The number of methoxy groups -OCH3 is 1. The summed E-state index contributed by atoms with van der Waals surface area (Å²) in [6, 6.07) is 6.18. The van der Waals surface area contributed by atoms with E-state index in [2.05, 4.69) is 33.3 Å². The molecule has 0 aromatic heterocycles. The van der Waals surface area contributed by atoms with Gasteiger partial charge in [0.1, 0.15) is 12.3 Å². The van der Waals surface area contributed by atoms with Crippen molar-refractivity contribution in [1.29, 1.82) is 0 Å². The molecule has 0 spiro atoms. The Morgan fingerprint density at radius 2 is 2.00 bits per heavy atom. The maximum absolute atomic E-state index is 13.0. The van der Waals surface area contributed by atoms with Crippen LogP contribution >= 0.6 is 11.9 Å². The van der Waals surface area contributed by atoms with E-state index in [1.54, 1.807) is 25.3 Å². The van der Waals surface area contributed by atoms with Crippen LogP contribution in [-0.4, -0.2) is 103 Å². The minimum atomic E-state index is -4.19. The minimum Gasteiger partial charge on any atom is -0.495 e. The molecule has 0 amide bonds. The number of nitrogens with zero attached hydrogens (tertiary/aromatic N) is 3. The van der Waals surface area contributed by atoms with Gasteiger partial charge in [0.15, 0.2) is 0 Å². The van der Waals surface area contributed by atoms with E-state index in [0.717, 1.165) is 74.7 Å². The first-order valence-corrected chi connectivity index (χ1v) is 17.1. The highest BCUT2D eigenvalue weighted by Crippen LogP contribution is 2.44. The van der Waals surface area contributed by atoms with Crippen LogP contribution in [0.25, 0.3) is 0 Å². The lowest BCUT2D eigenvalue weighted by Gasteiger charge is -2.39. The summed E-state index contributed by atoms with van der Waals surface area (Å²) in [6.45, 7) is 12.2. The molecule has 3 bridgehead atoms. The van der Waals surface area contributed by atoms with Gasteiger partial charge in [-0.25, -0.2) is 4.31 Å². The number of anilines is 1. The SMILES string of the molecule is C=CNCCN(CCC)Sc1ccc(N)c(OC)c1.CC(O)CN1CCC(NC2C3=CC=C4C2CC(C=C3)N4CC(F)(F)F)CC1. The molecule has 46 heavy (non-hydrogen) atoms. The zero-order valence-corrected chi connectivity index (χ0v) is 28.1. The quantitative estimate of drug-likeness (QED) is 0.122. The Kier molecular flexibility index (Phi) is 13.3. The molecule has 2 fully saturated rings. The molecule has 2 saturated heterocycles. The zero-order valence-electron chi connectivity index (χ0n) is 27.3. The Balaban J connectivity index is 0.000000224. The predicted molar refractivity (Wildman–Crippen MR) is 181 cm³/mol. The third-order valence-electron chi connectivity index (χ3n) is 8.76. The van der Waals surface area contributed by atoms with Crippen molar-refractivity contribution >= 4 is 17.6 Å². The minimum absolute atomic E-state index is 0.0952. The number of ether oxygens (including phenoxy) is 1. The first-order chi connectivity index (χ1) is 22.0. The van der Waals surface area contributed by atoms with E-state index < -0.39 is 12.7 Å². The molecule has 4 aliphatic rings. The van der Waals surface area contributed by atoms with E-state index in [1.807, 2.05) is 49.4 Å². The van der Waals surface area contributed by atoms with Gasteiger partial charge in [-0.05, 0) is 93.7 Å². The lowest BCUT2D eigenvalue weighted by molar-refractivity contribution is -0.142. The molecule has 8 nitrogen and oxygen atoms in total. The van der Waals surface area contributed by atoms with E-state index >= 15 is 0 Å². The smallest absolute Gasteiger partial charge is 0.405 e. The molecule has 5 rings (SSSR count). The number of fused-ring (bicyclic) bond motifs is 2. The number of piperidine rings is 1. The number of aliphatic hydroxyl groups excluding tert-OH is 1. The molecule has 4 atom stereocenters. The maximum Gasteiger partial charge on any atom is 0.405 e. The van der Waals surface area contributed by atoms with E-state index in [-0.39, 0.29) is 24.1 Å². The predicted octanol–water partition coefficient (Wildman–Crippen LogP) is 5.17. The number of hydrogen-bond acceptors (Lipinski definition) is 9. The number of benzene rings is 1. The number of nitrogens with one attached hydrogen (secondary N) is 2. The van der Waals surface area contributed by atoms with Gasteiger partial charge in [-0.1, -0.05) is 31.7 Å². The summed E-state index contributed by atoms with van der Waals surface area (Å²) >= 11 is 1.73. The number of rotatable bonds is 14. The summed E-state index contributed by atoms with van der Waals surface area (Å²) in [4.78, 5) is 4.95. The standard InChI is InChI=1S/C20H28F3N3O.C14H23N3OS/c1-13(27)11-25-8-6-15(7-9-25)24-19-14-2-4-16-10-17(19)18(5-3-14)26(16)12-20(21,22)23;1-4-9-17(10-8-16-5-2)19-12-6-7-13(15)14(11-12)18-3/h2-5,13,15-17,19,24,27H,6-12H2,1H3;5-7,11,16H,2,4,8-10,15H2,1,3H3. The molecule has 4 unspecified atom stereocenters. The molecule has 2 aliphatic heterocycles. The van der Waals surface area contributed by atoms with Crippen molar-refractivity contribution in [1.82, 2.24) is 24.7 Å². The van der Waals surface area contributed by atoms with Gasteiger partial charge in [-0.15, -0.1) is 0 Å². The summed E-state index contributed by atoms with van der Waals surface area (Å²) in [7, 11) is 1.64. The molecule has 256 valence electrons. The van der Waals surface area contributed by atoms with Crippen LogP contribution < -0.4 is 21.1 Å². The van der Waals surface area contributed by atoms with Gasteiger partial charge >= 0.3 is 6.18 Å². The van der Waals surface area contributed by atoms with Crippen LogP contribution in [0, 0.1) is 5.92 Å². The number of allylic oxidation sites excluding steroid dienone is 2. The molecule has 5 N–H and O–H groups in total. The van der Waals surface area contributed by atoms with Crippen molar-refractivity contribution < 1.29 is 23.0 Å². The van der Waals surface area contributed by atoms with Crippen molar-refractivity contribution in [3.63, 3.8) is 0 Å². The number of alkyl halides is 3. The number of nitrogen functional groups attached to an aromatic ring is 1. The fourth-order valence-corrected chi connectivity index (χ4v) is 7.73. The Bertz CT molecular complexity index is 1230. The van der Waals surface area contributed by atoms with Crippen LogP contribution in [0.3, 0.4) is 0 Å². The lowest BCUT2D eigenvalue weighted by atomic mass is 9.85.